The first-order valence-corrected chi connectivity index (χ1v) is 12.5. The number of nitrogens with one attached hydrogen (secondary N) is 1. The van der Waals surface area contributed by atoms with Gasteiger partial charge in [0.1, 0.15) is 5.82 Å². The van der Waals surface area contributed by atoms with E-state index in [1.807, 2.05) is 4.90 Å². The molecule has 5 nitrogen and oxygen atoms in total. The molecular formula is C28H34N4O. The Bertz CT molecular complexity index is 1140. The summed E-state index contributed by atoms with van der Waals surface area (Å²) in [5.41, 5.74) is 6.88. The summed E-state index contributed by atoms with van der Waals surface area (Å²) in [6.07, 6.45) is 6.53. The van der Waals surface area contributed by atoms with E-state index in [0.717, 1.165) is 60.7 Å². The number of likely N-dealkylation sites (tertiary alicyclic amines) is 1. The number of carbonyl (C=O) groups excluding carboxylic acids is 1. The molecule has 5 rings (SSSR count). The third kappa shape index (κ3) is 4.33. The zero-order valence-electron chi connectivity index (χ0n) is 20.0. The van der Waals surface area contributed by atoms with Crippen molar-refractivity contribution in [2.24, 2.45) is 0 Å². The van der Waals surface area contributed by atoms with Crippen LogP contribution in [-0.2, 0) is 6.42 Å². The fourth-order valence-corrected chi connectivity index (χ4v) is 5.21. The van der Waals surface area contributed by atoms with Gasteiger partial charge in [-0.15, -0.1) is 0 Å². The van der Waals surface area contributed by atoms with Gasteiger partial charge >= 0.3 is 0 Å². The maximum Gasteiger partial charge on any atom is 0.254 e. The lowest BCUT2D eigenvalue weighted by Crippen LogP contribution is -2.38. The summed E-state index contributed by atoms with van der Waals surface area (Å²) < 4.78 is 0. The molecule has 172 valence electrons. The Labute approximate surface area is 196 Å². The number of nitrogens with zero attached hydrogens (tertiary/aromatic N) is 3. The first-order chi connectivity index (χ1) is 16.0. The van der Waals surface area contributed by atoms with Crippen LogP contribution in [0.3, 0.4) is 0 Å². The monoisotopic (exact) mass is 442 g/mol. The molecule has 0 radical (unpaired) electrons. The van der Waals surface area contributed by atoms with E-state index in [2.05, 4.69) is 67.4 Å². The average Bonchev–Trinajstić information content (AvgIpc) is 3.27. The van der Waals surface area contributed by atoms with Gasteiger partial charge in [-0.3, -0.25) is 9.89 Å². The number of hydrogen-bond acceptors (Lipinski definition) is 3. The van der Waals surface area contributed by atoms with Gasteiger partial charge in [-0.05, 0) is 74.1 Å². The second-order valence-corrected chi connectivity index (χ2v) is 9.82. The van der Waals surface area contributed by atoms with Crippen LogP contribution in [0.25, 0.3) is 11.4 Å². The van der Waals surface area contributed by atoms with E-state index in [-0.39, 0.29) is 5.91 Å². The molecule has 1 aliphatic carbocycles. The Balaban J connectivity index is 1.38. The minimum Gasteiger partial charge on any atom is -0.339 e. The predicted molar refractivity (Wildman–Crippen MR) is 132 cm³/mol. The lowest BCUT2D eigenvalue weighted by Gasteiger charge is -2.33. The average molecular weight is 443 g/mol. The number of rotatable bonds is 5. The number of aromatic nitrogens is 3. The molecule has 33 heavy (non-hydrogen) atoms. The van der Waals surface area contributed by atoms with Crippen molar-refractivity contribution >= 4 is 5.91 Å². The molecule has 1 aromatic heterocycles. The normalized spacial score (nSPS) is 17.2. The molecule has 3 aromatic rings. The lowest BCUT2D eigenvalue weighted by molar-refractivity contribution is 0.0712. The molecule has 2 aromatic carbocycles. The van der Waals surface area contributed by atoms with Gasteiger partial charge in [0.25, 0.3) is 5.91 Å². The Hall–Kier alpha value is -2.95. The van der Waals surface area contributed by atoms with Gasteiger partial charge in [0.2, 0.25) is 0 Å². The zero-order chi connectivity index (χ0) is 22.9. The minimum absolute atomic E-state index is 0.141. The zero-order valence-corrected chi connectivity index (χ0v) is 20.0. The van der Waals surface area contributed by atoms with E-state index in [1.54, 1.807) is 0 Å². The van der Waals surface area contributed by atoms with E-state index in [1.165, 1.54) is 36.0 Å². The van der Waals surface area contributed by atoms with E-state index in [9.17, 15) is 4.79 Å². The summed E-state index contributed by atoms with van der Waals surface area (Å²) in [6, 6.07) is 13.2. The van der Waals surface area contributed by atoms with Crippen LogP contribution in [0.2, 0.25) is 0 Å². The maximum absolute atomic E-state index is 13.6. The predicted octanol–water partition coefficient (Wildman–Crippen LogP) is 5.94. The number of H-pyrrole nitrogens is 1. The van der Waals surface area contributed by atoms with Crippen molar-refractivity contribution in [2.75, 3.05) is 13.1 Å². The molecule has 0 unspecified atom stereocenters. The molecular weight excluding hydrogens is 408 g/mol. The van der Waals surface area contributed by atoms with Gasteiger partial charge in [-0.2, -0.15) is 5.10 Å². The Morgan fingerprint density at radius 2 is 1.76 bits per heavy atom. The molecule has 1 saturated heterocycles. The van der Waals surface area contributed by atoms with Gasteiger partial charge in [0.15, 0.2) is 5.82 Å². The van der Waals surface area contributed by atoms with Crippen molar-refractivity contribution in [1.82, 2.24) is 20.1 Å². The second-order valence-electron chi connectivity index (χ2n) is 9.82. The number of carbonyl (C=O) groups is 1. The third-order valence-electron chi connectivity index (χ3n) is 7.61. The van der Waals surface area contributed by atoms with Crippen LogP contribution < -0.4 is 0 Å². The number of piperidine rings is 1. The maximum atomic E-state index is 13.6. The molecule has 2 fully saturated rings. The number of hydrogen-bond donors (Lipinski definition) is 1. The van der Waals surface area contributed by atoms with Crippen LogP contribution in [0, 0.1) is 13.8 Å². The molecule has 1 N–H and O–H groups in total. The second kappa shape index (κ2) is 9.12. The van der Waals surface area contributed by atoms with Crippen LogP contribution >= 0.6 is 0 Å². The third-order valence-corrected chi connectivity index (χ3v) is 7.61. The molecule has 0 atom stereocenters. The van der Waals surface area contributed by atoms with Gasteiger partial charge in [-0.1, -0.05) is 49.2 Å². The molecule has 0 bridgehead atoms. The highest BCUT2D eigenvalue weighted by atomic mass is 16.2. The van der Waals surface area contributed by atoms with Gasteiger partial charge < -0.3 is 4.90 Å². The fraction of sp³-hybridized carbons (Fsp3) is 0.464. The first kappa shape index (κ1) is 21.9. The highest BCUT2D eigenvalue weighted by Gasteiger charge is 2.29. The van der Waals surface area contributed by atoms with Crippen molar-refractivity contribution in [3.63, 3.8) is 0 Å². The lowest BCUT2D eigenvalue weighted by atomic mass is 9.77. The van der Waals surface area contributed by atoms with E-state index < -0.39 is 0 Å². The molecule has 1 amide bonds. The topological polar surface area (TPSA) is 61.9 Å². The Kier molecular flexibility index (Phi) is 6.05. The van der Waals surface area contributed by atoms with Crippen LogP contribution in [0.1, 0.15) is 89.3 Å². The Morgan fingerprint density at radius 1 is 1.03 bits per heavy atom. The minimum atomic E-state index is 0.141. The summed E-state index contributed by atoms with van der Waals surface area (Å²) in [5, 5.41) is 7.54. The highest BCUT2D eigenvalue weighted by Crippen LogP contribution is 2.42. The molecule has 5 heteroatoms. The van der Waals surface area contributed by atoms with E-state index in [4.69, 9.17) is 4.98 Å². The molecule has 1 aliphatic heterocycles. The van der Waals surface area contributed by atoms with Crippen molar-refractivity contribution in [1.29, 1.82) is 0 Å². The molecule has 1 saturated carbocycles. The van der Waals surface area contributed by atoms with E-state index >= 15 is 0 Å². The molecule has 0 spiro atoms. The number of aryl methyl sites for hydroxylation is 3. The fourth-order valence-electron chi connectivity index (χ4n) is 5.21. The quantitative estimate of drug-likeness (QED) is 0.532. The van der Waals surface area contributed by atoms with Gasteiger partial charge in [-0.25, -0.2) is 4.98 Å². The van der Waals surface area contributed by atoms with Crippen molar-refractivity contribution in [3.8, 4) is 11.4 Å². The number of benzene rings is 2. The van der Waals surface area contributed by atoms with Crippen molar-refractivity contribution < 1.29 is 4.79 Å². The van der Waals surface area contributed by atoms with Gasteiger partial charge in [0.05, 0.1) is 0 Å². The SMILES string of the molecule is CCc1nc(-c2cc(C(=O)N3CCC(c4ccc(C)cc4)CC3)c(C)cc2C2CCC2)n[nH]1. The number of amides is 1. The van der Waals surface area contributed by atoms with Crippen molar-refractivity contribution in [2.45, 2.75) is 71.1 Å². The summed E-state index contributed by atoms with van der Waals surface area (Å²) in [7, 11) is 0. The van der Waals surface area contributed by atoms with Crippen LogP contribution in [-0.4, -0.2) is 39.1 Å². The summed E-state index contributed by atoms with van der Waals surface area (Å²) in [4.78, 5) is 20.3. The summed E-state index contributed by atoms with van der Waals surface area (Å²) in [6.45, 7) is 7.88. The van der Waals surface area contributed by atoms with Crippen LogP contribution in [0.5, 0.6) is 0 Å². The largest absolute Gasteiger partial charge is 0.339 e. The highest BCUT2D eigenvalue weighted by molar-refractivity contribution is 5.97. The molecule has 2 aliphatic rings. The van der Waals surface area contributed by atoms with Crippen LogP contribution in [0.15, 0.2) is 36.4 Å². The van der Waals surface area contributed by atoms with Gasteiger partial charge in [0, 0.05) is 30.6 Å². The smallest absolute Gasteiger partial charge is 0.254 e. The summed E-state index contributed by atoms with van der Waals surface area (Å²) in [5.74, 6) is 2.84. The molecule has 2 heterocycles. The standard InChI is InChI=1S/C28H34N4O/c1-4-26-29-27(31-30-26)25-17-23(19(3)16-24(25)22-6-5-7-22)28(33)32-14-12-21(13-15-32)20-10-8-18(2)9-11-20/h8-11,16-17,21-22H,4-7,12-15H2,1-3H3,(H,29,30,31). The Morgan fingerprint density at radius 3 is 2.36 bits per heavy atom. The summed E-state index contributed by atoms with van der Waals surface area (Å²) >= 11 is 0. The van der Waals surface area contributed by atoms with Crippen LogP contribution in [0.4, 0.5) is 0 Å². The number of aromatic amines is 1. The van der Waals surface area contributed by atoms with E-state index in [0.29, 0.717) is 11.8 Å². The first-order valence-electron chi connectivity index (χ1n) is 12.5. The van der Waals surface area contributed by atoms with Crippen molar-refractivity contribution in [3.05, 3.63) is 70.0 Å².